The molecule has 0 unspecified atom stereocenters. The summed E-state index contributed by atoms with van der Waals surface area (Å²) in [7, 11) is -3.50. The maximum absolute atomic E-state index is 11.8. The van der Waals surface area contributed by atoms with Crippen LogP contribution in [0.3, 0.4) is 0 Å². The number of nitrogens with two attached hydrogens (primary N) is 1. The first-order valence-corrected chi connectivity index (χ1v) is 6.37. The van der Waals surface area contributed by atoms with E-state index >= 15 is 0 Å². The Hall–Kier alpha value is -1.41. The summed E-state index contributed by atoms with van der Waals surface area (Å²) in [6.45, 7) is -2.72. The zero-order valence-electron chi connectivity index (χ0n) is 8.77. The zero-order chi connectivity index (χ0) is 12.9. The van der Waals surface area contributed by atoms with Crippen LogP contribution in [0.25, 0.3) is 0 Å². The third-order valence-electron chi connectivity index (χ3n) is 1.80. The molecular weight excluding hydrogens is 254 g/mol. The molecule has 96 valence electrons. The second-order valence-electron chi connectivity index (χ2n) is 3.20. The lowest BCUT2D eigenvalue weighted by Gasteiger charge is -2.07. The SMILES string of the molecule is NS(=O)(=O)CCNc1ccc(OC(F)F)cc1. The van der Waals surface area contributed by atoms with Gasteiger partial charge in [-0.2, -0.15) is 8.78 Å². The minimum Gasteiger partial charge on any atom is -0.435 e. The van der Waals surface area contributed by atoms with Crippen LogP contribution >= 0.6 is 0 Å². The molecule has 0 fully saturated rings. The van der Waals surface area contributed by atoms with E-state index in [9.17, 15) is 17.2 Å². The van der Waals surface area contributed by atoms with Gasteiger partial charge in [-0.25, -0.2) is 13.6 Å². The number of halogens is 2. The van der Waals surface area contributed by atoms with Crippen LogP contribution in [0.1, 0.15) is 0 Å². The van der Waals surface area contributed by atoms with Gasteiger partial charge in [0.1, 0.15) is 5.75 Å². The van der Waals surface area contributed by atoms with Crippen molar-refractivity contribution in [2.24, 2.45) is 5.14 Å². The van der Waals surface area contributed by atoms with Gasteiger partial charge >= 0.3 is 6.61 Å². The minimum atomic E-state index is -3.50. The Labute approximate surface area is 97.6 Å². The standard InChI is InChI=1S/C9H12F2N2O3S/c10-9(11)16-8-3-1-7(2-4-8)13-5-6-17(12,14)15/h1-4,9,13H,5-6H2,(H2,12,14,15). The van der Waals surface area contributed by atoms with Crippen molar-refractivity contribution >= 4 is 15.7 Å². The monoisotopic (exact) mass is 266 g/mol. The molecule has 0 saturated carbocycles. The normalized spacial score (nSPS) is 11.5. The van der Waals surface area contributed by atoms with Crippen LogP contribution in [0, 0.1) is 0 Å². The maximum atomic E-state index is 11.8. The van der Waals surface area contributed by atoms with Crippen molar-refractivity contribution in [3.8, 4) is 5.75 Å². The molecule has 5 nitrogen and oxygen atoms in total. The fourth-order valence-electron chi connectivity index (χ4n) is 1.09. The van der Waals surface area contributed by atoms with Gasteiger partial charge in [0.05, 0.1) is 5.75 Å². The van der Waals surface area contributed by atoms with E-state index in [0.717, 1.165) is 0 Å². The molecular formula is C9H12F2N2O3S. The summed E-state index contributed by atoms with van der Waals surface area (Å²) >= 11 is 0. The van der Waals surface area contributed by atoms with Gasteiger partial charge in [-0.3, -0.25) is 0 Å². The number of primary sulfonamides is 1. The number of rotatable bonds is 6. The van der Waals surface area contributed by atoms with Gasteiger partial charge in [0.25, 0.3) is 0 Å². The number of anilines is 1. The third kappa shape index (κ3) is 6.03. The largest absolute Gasteiger partial charge is 0.435 e. The minimum absolute atomic E-state index is 0.0389. The number of nitrogens with one attached hydrogen (secondary N) is 1. The molecule has 0 aromatic heterocycles. The maximum Gasteiger partial charge on any atom is 0.387 e. The molecule has 17 heavy (non-hydrogen) atoms. The van der Waals surface area contributed by atoms with E-state index in [1.807, 2.05) is 0 Å². The van der Waals surface area contributed by atoms with Gasteiger partial charge in [-0.1, -0.05) is 0 Å². The molecule has 8 heteroatoms. The number of hydrogen-bond donors (Lipinski definition) is 2. The van der Waals surface area contributed by atoms with Crippen molar-refractivity contribution in [1.29, 1.82) is 0 Å². The van der Waals surface area contributed by atoms with E-state index in [4.69, 9.17) is 5.14 Å². The van der Waals surface area contributed by atoms with Gasteiger partial charge in [-0.05, 0) is 24.3 Å². The molecule has 0 bridgehead atoms. The van der Waals surface area contributed by atoms with E-state index < -0.39 is 16.6 Å². The highest BCUT2D eigenvalue weighted by Crippen LogP contribution is 2.17. The Morgan fingerprint density at radius 3 is 2.35 bits per heavy atom. The van der Waals surface area contributed by atoms with Crippen LogP contribution in [0.2, 0.25) is 0 Å². The van der Waals surface area contributed by atoms with E-state index in [0.29, 0.717) is 5.69 Å². The molecule has 0 radical (unpaired) electrons. The molecule has 0 saturated heterocycles. The van der Waals surface area contributed by atoms with Gasteiger partial charge in [0.15, 0.2) is 0 Å². The van der Waals surface area contributed by atoms with E-state index in [1.54, 1.807) is 0 Å². The Bertz CT molecular complexity index is 448. The number of alkyl halides is 2. The average molecular weight is 266 g/mol. The topological polar surface area (TPSA) is 81.4 Å². The highest BCUT2D eigenvalue weighted by molar-refractivity contribution is 7.89. The smallest absolute Gasteiger partial charge is 0.387 e. The van der Waals surface area contributed by atoms with Gasteiger partial charge in [0.2, 0.25) is 10.0 Å². The van der Waals surface area contributed by atoms with Crippen molar-refractivity contribution in [3.63, 3.8) is 0 Å². The summed E-state index contributed by atoms with van der Waals surface area (Å²) in [6, 6.07) is 5.71. The van der Waals surface area contributed by atoms with E-state index in [1.165, 1.54) is 24.3 Å². The van der Waals surface area contributed by atoms with Crippen LogP contribution in [-0.2, 0) is 10.0 Å². The molecule has 0 amide bonds. The van der Waals surface area contributed by atoms with Crippen molar-refractivity contribution in [2.75, 3.05) is 17.6 Å². The first-order valence-electron chi connectivity index (χ1n) is 4.66. The van der Waals surface area contributed by atoms with Crippen LogP contribution in [0.4, 0.5) is 14.5 Å². The second-order valence-corrected chi connectivity index (χ2v) is 4.93. The van der Waals surface area contributed by atoms with Crippen LogP contribution < -0.4 is 15.2 Å². The Morgan fingerprint density at radius 1 is 1.29 bits per heavy atom. The molecule has 1 rings (SSSR count). The predicted molar refractivity (Wildman–Crippen MR) is 59.5 cm³/mol. The third-order valence-corrected chi connectivity index (χ3v) is 2.57. The lowest BCUT2D eigenvalue weighted by molar-refractivity contribution is -0.0498. The molecule has 0 spiro atoms. The van der Waals surface area contributed by atoms with Crippen molar-refractivity contribution in [1.82, 2.24) is 0 Å². The van der Waals surface area contributed by atoms with Gasteiger partial charge in [0, 0.05) is 12.2 Å². The van der Waals surface area contributed by atoms with E-state index in [2.05, 4.69) is 10.1 Å². The Balaban J connectivity index is 2.46. The fraction of sp³-hybridized carbons (Fsp3) is 0.333. The Morgan fingerprint density at radius 2 is 1.88 bits per heavy atom. The average Bonchev–Trinajstić information content (AvgIpc) is 2.18. The molecule has 0 aliphatic rings. The van der Waals surface area contributed by atoms with Gasteiger partial charge < -0.3 is 10.1 Å². The van der Waals surface area contributed by atoms with Crippen molar-refractivity contribution in [3.05, 3.63) is 24.3 Å². The van der Waals surface area contributed by atoms with Gasteiger partial charge in [-0.15, -0.1) is 0 Å². The molecule has 3 N–H and O–H groups in total. The van der Waals surface area contributed by atoms with Crippen molar-refractivity contribution in [2.45, 2.75) is 6.61 Å². The molecule has 1 aromatic rings. The van der Waals surface area contributed by atoms with E-state index in [-0.39, 0.29) is 18.0 Å². The molecule has 0 aliphatic heterocycles. The van der Waals surface area contributed by atoms with Crippen molar-refractivity contribution < 1.29 is 21.9 Å². The summed E-state index contributed by atoms with van der Waals surface area (Å²) in [5.41, 5.74) is 0.593. The lowest BCUT2D eigenvalue weighted by Crippen LogP contribution is -2.22. The highest BCUT2D eigenvalue weighted by Gasteiger charge is 2.04. The molecule has 1 aromatic carbocycles. The summed E-state index contributed by atoms with van der Waals surface area (Å²) in [4.78, 5) is 0. The highest BCUT2D eigenvalue weighted by atomic mass is 32.2. The molecule has 0 heterocycles. The number of benzene rings is 1. The summed E-state index contributed by atoms with van der Waals surface area (Å²) in [5, 5.41) is 7.59. The first-order chi connectivity index (χ1) is 7.87. The molecule has 0 aliphatic carbocycles. The number of hydrogen-bond acceptors (Lipinski definition) is 4. The quantitative estimate of drug-likeness (QED) is 0.804. The van der Waals surface area contributed by atoms with Crippen LogP contribution in [-0.4, -0.2) is 27.3 Å². The summed E-state index contributed by atoms with van der Waals surface area (Å²) < 4.78 is 49.1. The summed E-state index contributed by atoms with van der Waals surface area (Å²) in [6.07, 6.45) is 0. The number of sulfonamides is 1. The zero-order valence-corrected chi connectivity index (χ0v) is 9.58. The van der Waals surface area contributed by atoms with Crippen LogP contribution in [0.15, 0.2) is 24.3 Å². The number of ether oxygens (including phenoxy) is 1. The second kappa shape index (κ2) is 5.78. The molecule has 0 atom stereocenters. The Kier molecular flexibility index (Phi) is 4.64. The lowest BCUT2D eigenvalue weighted by atomic mass is 10.3. The van der Waals surface area contributed by atoms with Crippen LogP contribution in [0.5, 0.6) is 5.75 Å². The summed E-state index contributed by atoms with van der Waals surface area (Å²) in [5.74, 6) is -0.167. The fourth-order valence-corrected chi connectivity index (χ4v) is 1.48. The predicted octanol–water partition coefficient (Wildman–Crippen LogP) is 0.988. The first kappa shape index (κ1) is 13.7.